The van der Waals surface area contributed by atoms with Crippen molar-refractivity contribution in [3.8, 4) is 5.88 Å². The van der Waals surface area contributed by atoms with Gasteiger partial charge < -0.3 is 10.1 Å². The van der Waals surface area contributed by atoms with Crippen LogP contribution in [0, 0.1) is 5.92 Å². The summed E-state index contributed by atoms with van der Waals surface area (Å²) in [5.41, 5.74) is -0.753. The Labute approximate surface area is 122 Å². The first-order chi connectivity index (χ1) is 9.05. The van der Waals surface area contributed by atoms with Gasteiger partial charge in [-0.05, 0) is 44.3 Å². The number of pyridine rings is 1. The number of piperidine rings is 1. The van der Waals surface area contributed by atoms with Crippen molar-refractivity contribution >= 4 is 12.4 Å². The lowest BCUT2D eigenvalue weighted by molar-refractivity contribution is -0.137. The van der Waals surface area contributed by atoms with Crippen molar-refractivity contribution in [2.75, 3.05) is 19.7 Å². The molecular formula is C13H18ClF3N2O. The molecule has 2 rings (SSSR count). The molecule has 0 radical (unpaired) electrons. The lowest BCUT2D eigenvalue weighted by atomic mass is 9.97. The summed E-state index contributed by atoms with van der Waals surface area (Å²) in [5.74, 6) is 0.833. The molecule has 20 heavy (non-hydrogen) atoms. The lowest BCUT2D eigenvalue weighted by Gasteiger charge is -2.22. The van der Waals surface area contributed by atoms with Crippen LogP contribution in [0.2, 0.25) is 0 Å². The van der Waals surface area contributed by atoms with Gasteiger partial charge in [-0.3, -0.25) is 0 Å². The highest BCUT2D eigenvalue weighted by Crippen LogP contribution is 2.29. The third-order valence-corrected chi connectivity index (χ3v) is 3.24. The fourth-order valence-electron chi connectivity index (χ4n) is 2.13. The van der Waals surface area contributed by atoms with E-state index in [1.807, 2.05) is 0 Å². The van der Waals surface area contributed by atoms with Gasteiger partial charge in [0.05, 0.1) is 12.2 Å². The Kier molecular flexibility index (Phi) is 6.55. The SMILES string of the molecule is Cl.FC(F)(F)c1ccc(OCCC2CCCNC2)nc1. The zero-order valence-electron chi connectivity index (χ0n) is 10.9. The van der Waals surface area contributed by atoms with Crippen molar-refractivity contribution in [1.29, 1.82) is 0 Å². The van der Waals surface area contributed by atoms with Gasteiger partial charge in [0.25, 0.3) is 0 Å². The average molecular weight is 311 g/mol. The van der Waals surface area contributed by atoms with Crippen LogP contribution >= 0.6 is 12.4 Å². The molecule has 0 aliphatic carbocycles. The van der Waals surface area contributed by atoms with Gasteiger partial charge in [0.15, 0.2) is 0 Å². The second kappa shape index (κ2) is 7.69. The molecule has 0 amide bonds. The summed E-state index contributed by atoms with van der Waals surface area (Å²) in [6.07, 6.45) is -0.299. The van der Waals surface area contributed by atoms with Crippen LogP contribution in [0.1, 0.15) is 24.8 Å². The summed E-state index contributed by atoms with van der Waals surface area (Å²) >= 11 is 0. The summed E-state index contributed by atoms with van der Waals surface area (Å²) in [6, 6.07) is 2.26. The summed E-state index contributed by atoms with van der Waals surface area (Å²) < 4.78 is 42.4. The second-order valence-electron chi connectivity index (χ2n) is 4.73. The highest BCUT2D eigenvalue weighted by atomic mass is 35.5. The number of hydrogen-bond donors (Lipinski definition) is 1. The standard InChI is InChI=1S/C13H17F3N2O.ClH/c14-13(15,16)11-3-4-12(18-9-11)19-7-5-10-2-1-6-17-8-10;/h3-4,9-10,17H,1-2,5-8H2;1H. The zero-order chi connectivity index (χ0) is 13.7. The van der Waals surface area contributed by atoms with E-state index in [4.69, 9.17) is 4.74 Å². The van der Waals surface area contributed by atoms with Gasteiger partial charge in [-0.1, -0.05) is 0 Å². The van der Waals surface area contributed by atoms with Crippen molar-refractivity contribution in [1.82, 2.24) is 10.3 Å². The van der Waals surface area contributed by atoms with Gasteiger partial charge in [0, 0.05) is 12.3 Å². The first-order valence-electron chi connectivity index (χ1n) is 6.42. The van der Waals surface area contributed by atoms with Crippen molar-refractivity contribution < 1.29 is 17.9 Å². The third kappa shape index (κ3) is 5.17. The van der Waals surface area contributed by atoms with E-state index >= 15 is 0 Å². The summed E-state index contributed by atoms with van der Waals surface area (Å²) in [5, 5.41) is 3.31. The van der Waals surface area contributed by atoms with E-state index in [0.29, 0.717) is 12.5 Å². The van der Waals surface area contributed by atoms with Gasteiger partial charge >= 0.3 is 6.18 Å². The highest BCUT2D eigenvalue weighted by Gasteiger charge is 2.30. The molecule has 114 valence electrons. The molecule has 1 aromatic heterocycles. The maximum Gasteiger partial charge on any atom is 0.417 e. The quantitative estimate of drug-likeness (QED) is 0.926. The van der Waals surface area contributed by atoms with E-state index in [1.165, 1.54) is 18.9 Å². The van der Waals surface area contributed by atoms with Crippen LogP contribution in [0.25, 0.3) is 0 Å². The molecule has 1 unspecified atom stereocenters. The smallest absolute Gasteiger partial charge is 0.417 e. The van der Waals surface area contributed by atoms with Crippen LogP contribution in [-0.2, 0) is 6.18 Å². The van der Waals surface area contributed by atoms with Crippen molar-refractivity contribution in [3.05, 3.63) is 23.9 Å². The summed E-state index contributed by atoms with van der Waals surface area (Å²) in [4.78, 5) is 3.67. The maximum atomic E-state index is 12.3. The number of ether oxygens (including phenoxy) is 1. The van der Waals surface area contributed by atoms with E-state index in [2.05, 4.69) is 10.3 Å². The molecule has 1 aliphatic heterocycles. The molecule has 2 heterocycles. The number of aromatic nitrogens is 1. The lowest BCUT2D eigenvalue weighted by Crippen LogP contribution is -2.30. The van der Waals surface area contributed by atoms with Gasteiger partial charge in [0.2, 0.25) is 5.88 Å². The van der Waals surface area contributed by atoms with E-state index in [-0.39, 0.29) is 18.3 Å². The number of hydrogen-bond acceptors (Lipinski definition) is 3. The Morgan fingerprint density at radius 2 is 2.15 bits per heavy atom. The molecule has 1 fully saturated rings. The molecule has 0 aromatic carbocycles. The predicted molar refractivity (Wildman–Crippen MR) is 72.2 cm³/mol. The fourth-order valence-corrected chi connectivity index (χ4v) is 2.13. The number of nitrogens with one attached hydrogen (secondary N) is 1. The number of alkyl halides is 3. The molecule has 0 saturated carbocycles. The maximum absolute atomic E-state index is 12.3. The fraction of sp³-hybridized carbons (Fsp3) is 0.615. The van der Waals surface area contributed by atoms with Gasteiger partial charge in [-0.2, -0.15) is 13.2 Å². The molecule has 1 saturated heterocycles. The molecular weight excluding hydrogens is 293 g/mol. The van der Waals surface area contributed by atoms with E-state index < -0.39 is 11.7 Å². The molecule has 7 heteroatoms. The Balaban J connectivity index is 0.00000200. The van der Waals surface area contributed by atoms with Crippen LogP contribution in [0.15, 0.2) is 18.3 Å². The van der Waals surface area contributed by atoms with Crippen molar-refractivity contribution in [2.45, 2.75) is 25.4 Å². The predicted octanol–water partition coefficient (Wildman–Crippen LogP) is 3.29. The summed E-state index contributed by atoms with van der Waals surface area (Å²) in [6.45, 7) is 2.55. The first-order valence-corrected chi connectivity index (χ1v) is 6.42. The molecule has 3 nitrogen and oxygen atoms in total. The Morgan fingerprint density at radius 1 is 1.35 bits per heavy atom. The van der Waals surface area contributed by atoms with Gasteiger partial charge in [-0.15, -0.1) is 12.4 Å². The molecule has 1 N–H and O–H groups in total. The Morgan fingerprint density at radius 3 is 2.70 bits per heavy atom. The van der Waals surface area contributed by atoms with Gasteiger partial charge in [0.1, 0.15) is 0 Å². The monoisotopic (exact) mass is 310 g/mol. The van der Waals surface area contributed by atoms with E-state index in [9.17, 15) is 13.2 Å². The van der Waals surface area contributed by atoms with Crippen LogP contribution in [0.4, 0.5) is 13.2 Å². The number of rotatable bonds is 4. The number of nitrogens with zero attached hydrogens (tertiary/aromatic N) is 1. The first kappa shape index (κ1) is 17.0. The van der Waals surface area contributed by atoms with Crippen LogP contribution in [0.5, 0.6) is 5.88 Å². The topological polar surface area (TPSA) is 34.1 Å². The minimum absolute atomic E-state index is 0. The number of halogens is 4. The van der Waals surface area contributed by atoms with E-state index in [0.717, 1.165) is 31.8 Å². The molecule has 0 spiro atoms. The second-order valence-corrected chi connectivity index (χ2v) is 4.73. The Hall–Kier alpha value is -1.01. The third-order valence-electron chi connectivity index (χ3n) is 3.24. The minimum atomic E-state index is -4.35. The van der Waals surface area contributed by atoms with Crippen molar-refractivity contribution in [3.63, 3.8) is 0 Å². The molecule has 1 atom stereocenters. The molecule has 0 bridgehead atoms. The largest absolute Gasteiger partial charge is 0.478 e. The highest BCUT2D eigenvalue weighted by molar-refractivity contribution is 5.85. The van der Waals surface area contributed by atoms with Crippen LogP contribution in [-0.4, -0.2) is 24.7 Å². The van der Waals surface area contributed by atoms with Gasteiger partial charge in [-0.25, -0.2) is 4.98 Å². The van der Waals surface area contributed by atoms with Crippen molar-refractivity contribution in [2.24, 2.45) is 5.92 Å². The summed E-state index contributed by atoms with van der Waals surface area (Å²) in [7, 11) is 0. The van der Waals surface area contributed by atoms with Crippen LogP contribution < -0.4 is 10.1 Å². The Bertz CT molecular complexity index is 392. The normalized spacial score (nSPS) is 19.2. The zero-order valence-corrected chi connectivity index (χ0v) is 11.8. The van der Waals surface area contributed by atoms with Crippen LogP contribution in [0.3, 0.4) is 0 Å². The van der Waals surface area contributed by atoms with E-state index in [1.54, 1.807) is 0 Å². The minimum Gasteiger partial charge on any atom is -0.478 e. The average Bonchev–Trinajstić information content (AvgIpc) is 2.39. The molecule has 1 aliphatic rings. The molecule has 1 aromatic rings.